The lowest BCUT2D eigenvalue weighted by Crippen LogP contribution is -2.44. The van der Waals surface area contributed by atoms with E-state index in [9.17, 15) is 4.79 Å². The van der Waals surface area contributed by atoms with Crippen LogP contribution in [0.4, 0.5) is 0 Å². The lowest BCUT2D eigenvalue weighted by molar-refractivity contribution is -0.144. The Morgan fingerprint density at radius 1 is 1.38 bits per heavy atom. The van der Waals surface area contributed by atoms with E-state index in [1.807, 2.05) is 13.8 Å². The van der Waals surface area contributed by atoms with Gasteiger partial charge in [0.15, 0.2) is 0 Å². The van der Waals surface area contributed by atoms with Gasteiger partial charge < -0.3 is 15.0 Å². The van der Waals surface area contributed by atoms with Crippen molar-refractivity contribution in [3.05, 3.63) is 0 Å². The van der Waals surface area contributed by atoms with Crippen LogP contribution in [-0.2, 0) is 9.53 Å². The average molecular weight is 228 g/mol. The largest absolute Gasteiger partial charge is 0.468 e. The van der Waals surface area contributed by atoms with Gasteiger partial charge in [0.05, 0.1) is 7.11 Å². The Morgan fingerprint density at radius 3 is 2.50 bits per heavy atom. The zero-order valence-corrected chi connectivity index (χ0v) is 10.7. The number of rotatable bonds is 6. The molecule has 4 heteroatoms. The second kappa shape index (κ2) is 6.86. The van der Waals surface area contributed by atoms with Gasteiger partial charge >= 0.3 is 5.97 Å². The molecule has 1 aliphatic rings. The van der Waals surface area contributed by atoms with Gasteiger partial charge in [-0.3, -0.25) is 4.79 Å². The molecule has 0 aromatic rings. The number of hydrogen-bond donors (Lipinski definition) is 1. The summed E-state index contributed by atoms with van der Waals surface area (Å²) in [4.78, 5) is 13.9. The minimum absolute atomic E-state index is 0.156. The fraction of sp³-hybridized carbons (Fsp3) is 0.917. The third-order valence-corrected chi connectivity index (χ3v) is 3.11. The molecule has 1 atom stereocenters. The van der Waals surface area contributed by atoms with Crippen LogP contribution in [0.2, 0.25) is 0 Å². The molecule has 0 saturated carbocycles. The molecule has 0 aliphatic carbocycles. The molecule has 0 radical (unpaired) electrons. The first-order valence-electron chi connectivity index (χ1n) is 6.18. The first-order chi connectivity index (χ1) is 7.65. The number of nitrogens with one attached hydrogen (secondary N) is 1. The van der Waals surface area contributed by atoms with Gasteiger partial charge in [-0.15, -0.1) is 0 Å². The highest BCUT2D eigenvalue weighted by Gasteiger charge is 2.22. The summed E-state index contributed by atoms with van der Waals surface area (Å²) in [7, 11) is 1.44. The Bertz CT molecular complexity index is 213. The predicted octanol–water partition coefficient (Wildman–Crippen LogP) is 0.869. The van der Waals surface area contributed by atoms with Gasteiger partial charge in [-0.1, -0.05) is 13.8 Å². The molecule has 1 rings (SSSR count). The first-order valence-corrected chi connectivity index (χ1v) is 6.18. The fourth-order valence-electron chi connectivity index (χ4n) is 2.10. The van der Waals surface area contributed by atoms with Crippen LogP contribution in [0.15, 0.2) is 0 Å². The Morgan fingerprint density at radius 2 is 2.00 bits per heavy atom. The molecule has 0 bridgehead atoms. The molecule has 16 heavy (non-hydrogen) atoms. The van der Waals surface area contributed by atoms with Crippen molar-refractivity contribution in [2.45, 2.75) is 32.7 Å². The number of likely N-dealkylation sites (tertiary alicyclic amines) is 1. The number of nitrogens with zero attached hydrogens (tertiary/aromatic N) is 1. The van der Waals surface area contributed by atoms with Crippen molar-refractivity contribution in [3.63, 3.8) is 0 Å². The van der Waals surface area contributed by atoms with E-state index in [0.29, 0.717) is 0 Å². The fourth-order valence-corrected chi connectivity index (χ4v) is 2.10. The predicted molar refractivity (Wildman–Crippen MR) is 64.3 cm³/mol. The van der Waals surface area contributed by atoms with E-state index in [1.165, 1.54) is 33.0 Å². The number of carbonyl (C=O) groups excluding carboxylic acids is 1. The van der Waals surface area contributed by atoms with Crippen LogP contribution in [0.1, 0.15) is 26.7 Å². The number of hydrogen-bond acceptors (Lipinski definition) is 4. The molecule has 94 valence electrons. The monoisotopic (exact) mass is 228 g/mol. The highest BCUT2D eigenvalue weighted by Crippen LogP contribution is 2.07. The maximum Gasteiger partial charge on any atom is 0.323 e. The number of ether oxygens (including phenoxy) is 1. The summed E-state index contributed by atoms with van der Waals surface area (Å²) in [5.41, 5.74) is 0. The minimum Gasteiger partial charge on any atom is -0.468 e. The van der Waals surface area contributed by atoms with Crippen molar-refractivity contribution in [3.8, 4) is 0 Å². The molecular formula is C12H24N2O2. The Balaban J connectivity index is 2.23. The lowest BCUT2D eigenvalue weighted by atomic mass is 10.0. The summed E-state index contributed by atoms with van der Waals surface area (Å²) in [5.74, 6) is 0.113. The van der Waals surface area contributed by atoms with E-state index in [0.717, 1.165) is 13.1 Å². The maximum atomic E-state index is 11.5. The molecule has 4 nitrogen and oxygen atoms in total. The van der Waals surface area contributed by atoms with Gasteiger partial charge in [-0.25, -0.2) is 0 Å². The van der Waals surface area contributed by atoms with Crippen molar-refractivity contribution < 1.29 is 9.53 Å². The lowest BCUT2D eigenvalue weighted by Gasteiger charge is -2.22. The van der Waals surface area contributed by atoms with Crippen LogP contribution < -0.4 is 5.32 Å². The summed E-state index contributed by atoms with van der Waals surface area (Å²) < 4.78 is 4.78. The summed E-state index contributed by atoms with van der Waals surface area (Å²) in [6.07, 6.45) is 2.62. The average Bonchev–Trinajstić information content (AvgIpc) is 2.75. The second-order valence-corrected chi connectivity index (χ2v) is 4.75. The summed E-state index contributed by atoms with van der Waals surface area (Å²) in [6, 6.07) is -0.174. The standard InChI is InChI=1S/C12H24N2O2/c1-10(2)11(12(15)16-3)13-6-9-14-7-4-5-8-14/h10-11,13H,4-9H2,1-3H3. The van der Waals surface area contributed by atoms with Gasteiger partial charge in [0, 0.05) is 13.1 Å². The molecule has 1 N–H and O–H groups in total. The minimum atomic E-state index is -0.174. The van der Waals surface area contributed by atoms with E-state index in [1.54, 1.807) is 0 Å². The smallest absolute Gasteiger partial charge is 0.323 e. The van der Waals surface area contributed by atoms with E-state index >= 15 is 0 Å². The molecule has 1 unspecified atom stereocenters. The summed E-state index contributed by atoms with van der Waals surface area (Å²) >= 11 is 0. The number of esters is 1. The topological polar surface area (TPSA) is 41.6 Å². The van der Waals surface area contributed by atoms with Crippen molar-refractivity contribution >= 4 is 5.97 Å². The van der Waals surface area contributed by atoms with Crippen molar-refractivity contribution in [1.82, 2.24) is 10.2 Å². The first kappa shape index (κ1) is 13.5. The number of carbonyl (C=O) groups is 1. The van der Waals surface area contributed by atoms with Crippen LogP contribution >= 0.6 is 0 Å². The SMILES string of the molecule is COC(=O)C(NCCN1CCCC1)C(C)C. The van der Waals surface area contributed by atoms with Crippen LogP contribution in [0.3, 0.4) is 0 Å². The van der Waals surface area contributed by atoms with Gasteiger partial charge in [-0.2, -0.15) is 0 Å². The maximum absolute atomic E-state index is 11.5. The van der Waals surface area contributed by atoms with Crippen LogP contribution in [-0.4, -0.2) is 50.2 Å². The zero-order chi connectivity index (χ0) is 12.0. The molecule has 0 amide bonds. The summed E-state index contributed by atoms with van der Waals surface area (Å²) in [5, 5.41) is 3.28. The van der Waals surface area contributed by atoms with E-state index in [2.05, 4.69) is 10.2 Å². The van der Waals surface area contributed by atoms with Crippen LogP contribution in [0.5, 0.6) is 0 Å². The normalized spacial score (nSPS) is 19.0. The third kappa shape index (κ3) is 4.10. The van der Waals surface area contributed by atoms with Crippen molar-refractivity contribution in [2.24, 2.45) is 5.92 Å². The molecule has 0 aromatic carbocycles. The van der Waals surface area contributed by atoms with Crippen LogP contribution in [0, 0.1) is 5.92 Å². The molecule has 0 aromatic heterocycles. The zero-order valence-electron chi connectivity index (χ0n) is 10.7. The van der Waals surface area contributed by atoms with E-state index in [-0.39, 0.29) is 17.9 Å². The molecule has 1 saturated heterocycles. The van der Waals surface area contributed by atoms with Gasteiger partial charge in [0.25, 0.3) is 0 Å². The van der Waals surface area contributed by atoms with Gasteiger partial charge in [0.1, 0.15) is 6.04 Å². The molecule has 1 fully saturated rings. The van der Waals surface area contributed by atoms with E-state index in [4.69, 9.17) is 4.74 Å². The van der Waals surface area contributed by atoms with Crippen molar-refractivity contribution in [1.29, 1.82) is 0 Å². The quantitative estimate of drug-likeness (QED) is 0.685. The van der Waals surface area contributed by atoms with Crippen LogP contribution in [0.25, 0.3) is 0 Å². The van der Waals surface area contributed by atoms with Gasteiger partial charge in [-0.05, 0) is 31.8 Å². The molecule has 1 heterocycles. The molecular weight excluding hydrogens is 204 g/mol. The molecule has 0 spiro atoms. The summed E-state index contributed by atoms with van der Waals surface area (Å²) in [6.45, 7) is 8.35. The Kier molecular flexibility index (Phi) is 5.77. The highest BCUT2D eigenvalue weighted by atomic mass is 16.5. The number of methoxy groups -OCH3 is 1. The van der Waals surface area contributed by atoms with E-state index < -0.39 is 0 Å². The highest BCUT2D eigenvalue weighted by molar-refractivity contribution is 5.75. The Labute approximate surface area is 98.3 Å². The third-order valence-electron chi connectivity index (χ3n) is 3.11. The van der Waals surface area contributed by atoms with Gasteiger partial charge in [0.2, 0.25) is 0 Å². The molecule has 1 aliphatic heterocycles. The van der Waals surface area contributed by atoms with Crippen molar-refractivity contribution in [2.75, 3.05) is 33.3 Å². The Hall–Kier alpha value is -0.610. The second-order valence-electron chi connectivity index (χ2n) is 4.75.